The van der Waals surface area contributed by atoms with Crippen LogP contribution in [0, 0.1) is 6.92 Å². The van der Waals surface area contributed by atoms with Gasteiger partial charge in [-0.1, -0.05) is 0 Å². The summed E-state index contributed by atoms with van der Waals surface area (Å²) in [5, 5.41) is 14.3. The summed E-state index contributed by atoms with van der Waals surface area (Å²) in [6.07, 6.45) is 4.56. The van der Waals surface area contributed by atoms with E-state index in [1.54, 1.807) is 0 Å². The van der Waals surface area contributed by atoms with Crippen LogP contribution in [0.25, 0.3) is 0 Å². The lowest BCUT2D eigenvalue weighted by atomic mass is 10.1. The van der Waals surface area contributed by atoms with Crippen LogP contribution >= 0.6 is 11.8 Å². The lowest BCUT2D eigenvalue weighted by molar-refractivity contribution is 0.161. The summed E-state index contributed by atoms with van der Waals surface area (Å²) in [4.78, 5) is 0. The Balaban J connectivity index is 2.45. The van der Waals surface area contributed by atoms with Gasteiger partial charge in [-0.05, 0) is 44.8 Å². The quantitative estimate of drug-likeness (QED) is 0.745. The van der Waals surface area contributed by atoms with Crippen LogP contribution in [0.4, 0.5) is 0 Å². The van der Waals surface area contributed by atoms with Gasteiger partial charge in [-0.2, -0.15) is 16.9 Å². The zero-order valence-corrected chi connectivity index (χ0v) is 11.3. The summed E-state index contributed by atoms with van der Waals surface area (Å²) in [6, 6.07) is 2.07. The maximum atomic E-state index is 9.91. The maximum absolute atomic E-state index is 9.91. The normalized spacial score (nSPS) is 13.0. The Morgan fingerprint density at radius 3 is 2.94 bits per heavy atom. The van der Waals surface area contributed by atoms with E-state index in [-0.39, 0.29) is 6.10 Å². The molecule has 1 N–H and O–H groups in total. The summed E-state index contributed by atoms with van der Waals surface area (Å²) in [5.74, 6) is 1.13. The summed E-state index contributed by atoms with van der Waals surface area (Å²) in [7, 11) is 0. The number of nitrogens with zero attached hydrogens (tertiary/aromatic N) is 2. The summed E-state index contributed by atoms with van der Waals surface area (Å²) < 4.78 is 1.98. The van der Waals surface area contributed by atoms with Crippen molar-refractivity contribution in [2.75, 3.05) is 12.0 Å². The second kappa shape index (κ2) is 6.97. The lowest BCUT2D eigenvalue weighted by Gasteiger charge is -2.10. The van der Waals surface area contributed by atoms with Gasteiger partial charge < -0.3 is 5.11 Å². The first kappa shape index (κ1) is 13.6. The van der Waals surface area contributed by atoms with E-state index < -0.39 is 0 Å². The highest BCUT2D eigenvalue weighted by atomic mass is 32.2. The minimum absolute atomic E-state index is 0.228. The van der Waals surface area contributed by atoms with Crippen LogP contribution in [0.15, 0.2) is 6.07 Å². The molecule has 0 spiro atoms. The average Bonchev–Trinajstić information content (AvgIpc) is 2.59. The molecule has 0 amide bonds. The fourth-order valence-electron chi connectivity index (χ4n) is 1.84. The molecule has 1 unspecified atom stereocenters. The number of thioether (sulfide) groups is 1. The molecule has 16 heavy (non-hydrogen) atoms. The molecular weight excluding hydrogens is 220 g/mol. The molecule has 0 aliphatic rings. The van der Waals surface area contributed by atoms with Crippen molar-refractivity contribution in [1.29, 1.82) is 0 Å². The number of aliphatic hydroxyl groups is 1. The molecule has 0 saturated carbocycles. The zero-order chi connectivity index (χ0) is 12.0. The number of rotatable bonds is 7. The molecule has 1 aromatic rings. The highest BCUT2D eigenvalue weighted by Gasteiger charge is 2.10. The van der Waals surface area contributed by atoms with Gasteiger partial charge in [0, 0.05) is 18.7 Å². The Morgan fingerprint density at radius 1 is 1.56 bits per heavy atom. The fraction of sp³-hybridized carbons (Fsp3) is 0.750. The number of aromatic nitrogens is 2. The van der Waals surface area contributed by atoms with Crippen molar-refractivity contribution in [1.82, 2.24) is 9.78 Å². The largest absolute Gasteiger partial charge is 0.393 e. The smallest absolute Gasteiger partial charge is 0.0596 e. The van der Waals surface area contributed by atoms with Crippen molar-refractivity contribution in [2.45, 2.75) is 45.8 Å². The van der Waals surface area contributed by atoms with Crippen LogP contribution in [-0.2, 0) is 13.0 Å². The number of hydrogen-bond donors (Lipinski definition) is 1. The third kappa shape index (κ3) is 4.18. The molecule has 1 heterocycles. The van der Waals surface area contributed by atoms with Gasteiger partial charge in [0.2, 0.25) is 0 Å². The molecule has 0 radical (unpaired) electrons. The monoisotopic (exact) mass is 242 g/mol. The van der Waals surface area contributed by atoms with Gasteiger partial charge in [-0.15, -0.1) is 0 Å². The van der Waals surface area contributed by atoms with Gasteiger partial charge in [-0.25, -0.2) is 0 Å². The second-order valence-corrected chi connectivity index (χ2v) is 5.07. The van der Waals surface area contributed by atoms with E-state index >= 15 is 0 Å². The van der Waals surface area contributed by atoms with Crippen molar-refractivity contribution in [3.8, 4) is 0 Å². The zero-order valence-electron chi connectivity index (χ0n) is 10.4. The topological polar surface area (TPSA) is 38.0 Å². The minimum Gasteiger partial charge on any atom is -0.393 e. The van der Waals surface area contributed by atoms with E-state index in [0.717, 1.165) is 42.9 Å². The number of hydrogen-bond acceptors (Lipinski definition) is 3. The van der Waals surface area contributed by atoms with Crippen molar-refractivity contribution < 1.29 is 5.11 Å². The molecule has 1 rings (SSSR count). The van der Waals surface area contributed by atoms with Crippen LogP contribution in [0.2, 0.25) is 0 Å². The Hall–Kier alpha value is -0.480. The van der Waals surface area contributed by atoms with Crippen molar-refractivity contribution in [3.05, 3.63) is 17.5 Å². The Kier molecular flexibility index (Phi) is 5.91. The molecule has 0 saturated heterocycles. The third-order valence-corrected chi connectivity index (χ3v) is 3.31. The van der Waals surface area contributed by atoms with Gasteiger partial charge in [0.15, 0.2) is 0 Å². The van der Waals surface area contributed by atoms with Gasteiger partial charge in [0.1, 0.15) is 0 Å². The molecular formula is C12H22N2OS. The van der Waals surface area contributed by atoms with E-state index in [1.807, 2.05) is 23.4 Å². The third-order valence-electron chi connectivity index (χ3n) is 2.62. The Labute approximate surface area is 102 Å². The number of aliphatic hydroxyl groups excluding tert-OH is 1. The van der Waals surface area contributed by atoms with Crippen molar-refractivity contribution >= 4 is 11.8 Å². The van der Waals surface area contributed by atoms with E-state index in [2.05, 4.69) is 24.3 Å². The van der Waals surface area contributed by atoms with E-state index in [9.17, 15) is 5.11 Å². The summed E-state index contributed by atoms with van der Waals surface area (Å²) >= 11 is 1.83. The fourth-order valence-corrected chi connectivity index (χ4v) is 2.30. The van der Waals surface area contributed by atoms with Crippen LogP contribution in [0.3, 0.4) is 0 Å². The molecule has 0 fully saturated rings. The highest BCUT2D eigenvalue weighted by Crippen LogP contribution is 2.11. The van der Waals surface area contributed by atoms with Gasteiger partial charge in [0.25, 0.3) is 0 Å². The predicted molar refractivity (Wildman–Crippen MR) is 70.0 cm³/mol. The first-order chi connectivity index (χ1) is 7.67. The average molecular weight is 242 g/mol. The van der Waals surface area contributed by atoms with Gasteiger partial charge in [-0.3, -0.25) is 4.68 Å². The predicted octanol–water partition coefficient (Wildman–Crippen LogP) is 2.26. The molecule has 0 bridgehead atoms. The minimum atomic E-state index is -0.228. The van der Waals surface area contributed by atoms with Gasteiger partial charge >= 0.3 is 0 Å². The van der Waals surface area contributed by atoms with Crippen molar-refractivity contribution in [3.63, 3.8) is 0 Å². The van der Waals surface area contributed by atoms with E-state index in [0.29, 0.717) is 0 Å². The molecule has 0 aliphatic heterocycles. The lowest BCUT2D eigenvalue weighted by Crippen LogP contribution is -2.14. The summed E-state index contributed by atoms with van der Waals surface area (Å²) in [6.45, 7) is 4.95. The molecule has 3 nitrogen and oxygen atoms in total. The van der Waals surface area contributed by atoms with Crippen molar-refractivity contribution in [2.24, 2.45) is 0 Å². The molecule has 1 aromatic heterocycles. The highest BCUT2D eigenvalue weighted by molar-refractivity contribution is 7.98. The standard InChI is InChI=1S/C12H22N2OS/c1-4-14-11(8-10(2)13-14)9-12(15)6-5-7-16-3/h8,12,15H,4-7,9H2,1-3H3. The maximum Gasteiger partial charge on any atom is 0.0596 e. The van der Waals surface area contributed by atoms with E-state index in [1.165, 1.54) is 0 Å². The van der Waals surface area contributed by atoms with Crippen LogP contribution < -0.4 is 0 Å². The first-order valence-electron chi connectivity index (χ1n) is 5.87. The first-order valence-corrected chi connectivity index (χ1v) is 7.27. The van der Waals surface area contributed by atoms with Crippen LogP contribution in [0.5, 0.6) is 0 Å². The van der Waals surface area contributed by atoms with Crippen LogP contribution in [-0.4, -0.2) is 33.0 Å². The van der Waals surface area contributed by atoms with Gasteiger partial charge in [0.05, 0.1) is 11.8 Å². The molecule has 0 aromatic carbocycles. The molecule has 4 heteroatoms. The molecule has 1 atom stereocenters. The second-order valence-electron chi connectivity index (χ2n) is 4.09. The Bertz CT molecular complexity index is 312. The number of aryl methyl sites for hydroxylation is 2. The van der Waals surface area contributed by atoms with E-state index in [4.69, 9.17) is 0 Å². The summed E-state index contributed by atoms with van der Waals surface area (Å²) in [5.41, 5.74) is 2.19. The van der Waals surface area contributed by atoms with Crippen LogP contribution in [0.1, 0.15) is 31.2 Å². The molecule has 92 valence electrons. The Morgan fingerprint density at radius 2 is 2.31 bits per heavy atom. The molecule has 0 aliphatic carbocycles. The SMILES string of the molecule is CCn1nc(C)cc1CC(O)CCCSC.